The van der Waals surface area contributed by atoms with Crippen LogP contribution in [0.5, 0.6) is 0 Å². The van der Waals surface area contributed by atoms with Crippen LogP contribution in [0.3, 0.4) is 0 Å². The first-order valence-electron chi connectivity index (χ1n) is 16.3. The first-order valence-corrected chi connectivity index (χ1v) is 18.5. The van der Waals surface area contributed by atoms with Gasteiger partial charge in [-0.3, -0.25) is 13.9 Å². The molecule has 1 atom stereocenters. The van der Waals surface area contributed by atoms with Gasteiger partial charge in [0.25, 0.3) is 10.0 Å². The monoisotopic (exact) mass is 705 g/mol. The highest BCUT2D eigenvalue weighted by atomic mass is 35.5. The molecule has 1 aliphatic rings. The fourth-order valence-electron chi connectivity index (χ4n) is 6.15. The summed E-state index contributed by atoms with van der Waals surface area (Å²) in [5.74, 6) is -0.801. The third kappa shape index (κ3) is 8.78. The van der Waals surface area contributed by atoms with E-state index in [0.717, 1.165) is 47.5 Å². The number of aryl methyl sites for hydroxylation is 2. The molecular weight excluding hydrogens is 665 g/mol. The molecule has 4 aromatic carbocycles. The zero-order chi connectivity index (χ0) is 34.3. The summed E-state index contributed by atoms with van der Waals surface area (Å²) in [6.07, 6.45) is 5.18. The molecular formula is C38H41Cl2N3O4S. The number of halogens is 2. The second-order valence-corrected chi connectivity index (χ2v) is 15.1. The molecule has 1 fully saturated rings. The van der Waals surface area contributed by atoms with Crippen molar-refractivity contribution in [2.24, 2.45) is 0 Å². The number of benzene rings is 4. The molecule has 0 spiro atoms. The van der Waals surface area contributed by atoms with Gasteiger partial charge in [0.15, 0.2) is 0 Å². The fourth-order valence-corrected chi connectivity index (χ4v) is 7.97. The Morgan fingerprint density at radius 3 is 2.15 bits per heavy atom. The molecule has 4 aromatic rings. The normalized spacial score (nSPS) is 14.2. The zero-order valence-electron chi connectivity index (χ0n) is 27.2. The summed E-state index contributed by atoms with van der Waals surface area (Å²) in [6.45, 7) is 3.18. The summed E-state index contributed by atoms with van der Waals surface area (Å²) >= 11 is 12.6. The van der Waals surface area contributed by atoms with E-state index in [-0.39, 0.29) is 29.8 Å². The van der Waals surface area contributed by atoms with E-state index in [4.69, 9.17) is 23.2 Å². The van der Waals surface area contributed by atoms with Gasteiger partial charge in [-0.25, -0.2) is 8.42 Å². The molecule has 252 valence electrons. The van der Waals surface area contributed by atoms with E-state index in [1.54, 1.807) is 42.5 Å². The van der Waals surface area contributed by atoms with Crippen molar-refractivity contribution in [1.82, 2.24) is 10.2 Å². The highest BCUT2D eigenvalue weighted by molar-refractivity contribution is 7.92. The molecule has 7 nitrogen and oxygen atoms in total. The van der Waals surface area contributed by atoms with Gasteiger partial charge < -0.3 is 10.2 Å². The minimum absolute atomic E-state index is 0.0105. The van der Waals surface area contributed by atoms with Gasteiger partial charge in [-0.2, -0.15) is 0 Å². The highest BCUT2D eigenvalue weighted by Gasteiger charge is 2.36. The van der Waals surface area contributed by atoms with E-state index < -0.39 is 28.5 Å². The van der Waals surface area contributed by atoms with Gasteiger partial charge in [0.05, 0.1) is 20.6 Å². The van der Waals surface area contributed by atoms with E-state index >= 15 is 0 Å². The molecule has 48 heavy (non-hydrogen) atoms. The number of nitrogens with one attached hydrogen (secondary N) is 1. The van der Waals surface area contributed by atoms with Crippen LogP contribution in [0.1, 0.15) is 54.4 Å². The van der Waals surface area contributed by atoms with Crippen molar-refractivity contribution in [3.05, 3.63) is 129 Å². The standard InChI is InChI=1S/C38H41Cl2N3O4S/c1-27-18-19-28(2)35(22-27)43(48(46,47)32-16-10-5-11-17-32)26-37(44)42(25-30-20-21-33(39)34(40)23-30)36(24-29-12-6-3-7-13-29)38(45)41-31-14-8-4-9-15-31/h3,5-7,10-13,16-23,31,36H,4,8-9,14-15,24-26H2,1-2H3,(H,41,45). The van der Waals surface area contributed by atoms with Crippen LogP contribution in [0, 0.1) is 13.8 Å². The predicted molar refractivity (Wildman–Crippen MR) is 193 cm³/mol. The molecule has 0 heterocycles. The average Bonchev–Trinajstić information content (AvgIpc) is 3.09. The third-order valence-corrected chi connectivity index (χ3v) is 11.3. The molecule has 1 aliphatic carbocycles. The lowest BCUT2D eigenvalue weighted by Crippen LogP contribution is -2.55. The summed E-state index contributed by atoms with van der Waals surface area (Å²) in [6, 6.07) is 27.3. The lowest BCUT2D eigenvalue weighted by molar-refractivity contribution is -0.140. The smallest absolute Gasteiger partial charge is 0.264 e. The molecule has 1 N–H and O–H groups in total. The fraction of sp³-hybridized carbons (Fsp3) is 0.316. The van der Waals surface area contributed by atoms with E-state index in [1.165, 1.54) is 17.0 Å². The number of carbonyl (C=O) groups excluding carboxylic acids is 2. The molecule has 2 amide bonds. The van der Waals surface area contributed by atoms with E-state index in [0.29, 0.717) is 26.9 Å². The number of carbonyl (C=O) groups is 2. The molecule has 5 rings (SSSR count). The van der Waals surface area contributed by atoms with Crippen molar-refractivity contribution in [2.45, 2.75) is 75.9 Å². The largest absolute Gasteiger partial charge is 0.352 e. The number of hydrogen-bond acceptors (Lipinski definition) is 4. The Bertz CT molecular complexity index is 1830. The Hall–Kier alpha value is -3.85. The molecule has 1 unspecified atom stereocenters. The van der Waals surface area contributed by atoms with Gasteiger partial charge in [0, 0.05) is 19.0 Å². The van der Waals surface area contributed by atoms with Crippen LogP contribution in [0.25, 0.3) is 0 Å². The van der Waals surface area contributed by atoms with Crippen LogP contribution in [-0.4, -0.2) is 43.8 Å². The Morgan fingerprint density at radius 2 is 1.48 bits per heavy atom. The summed E-state index contributed by atoms with van der Waals surface area (Å²) in [4.78, 5) is 30.6. The maximum absolute atomic E-state index is 14.8. The van der Waals surface area contributed by atoms with E-state index in [1.807, 2.05) is 56.3 Å². The maximum atomic E-state index is 14.8. The summed E-state index contributed by atoms with van der Waals surface area (Å²) in [5, 5.41) is 3.91. The Kier molecular flexibility index (Phi) is 11.8. The van der Waals surface area contributed by atoms with Gasteiger partial charge in [0.1, 0.15) is 12.6 Å². The molecule has 1 saturated carbocycles. The van der Waals surface area contributed by atoms with Crippen LogP contribution < -0.4 is 9.62 Å². The second-order valence-electron chi connectivity index (χ2n) is 12.4. The molecule has 0 aromatic heterocycles. The van der Waals surface area contributed by atoms with Crippen molar-refractivity contribution < 1.29 is 18.0 Å². The number of nitrogens with zero attached hydrogens (tertiary/aromatic N) is 2. The van der Waals surface area contributed by atoms with E-state index in [2.05, 4.69) is 5.32 Å². The number of amides is 2. The summed E-state index contributed by atoms with van der Waals surface area (Å²) in [5.41, 5.74) is 3.47. The van der Waals surface area contributed by atoms with Crippen molar-refractivity contribution in [3.63, 3.8) is 0 Å². The first-order chi connectivity index (χ1) is 23.0. The molecule has 0 aliphatic heterocycles. The van der Waals surface area contributed by atoms with Gasteiger partial charge in [-0.1, -0.05) is 109 Å². The quantitative estimate of drug-likeness (QED) is 0.162. The van der Waals surface area contributed by atoms with Crippen molar-refractivity contribution in [2.75, 3.05) is 10.8 Å². The number of rotatable bonds is 12. The van der Waals surface area contributed by atoms with Crippen LogP contribution in [0.15, 0.2) is 102 Å². The number of sulfonamides is 1. The number of hydrogen-bond donors (Lipinski definition) is 1. The van der Waals surface area contributed by atoms with Crippen LogP contribution >= 0.6 is 23.2 Å². The van der Waals surface area contributed by atoms with Crippen LogP contribution in [0.4, 0.5) is 5.69 Å². The Morgan fingerprint density at radius 1 is 0.812 bits per heavy atom. The van der Waals surface area contributed by atoms with E-state index in [9.17, 15) is 18.0 Å². The van der Waals surface area contributed by atoms with Crippen LogP contribution in [0.2, 0.25) is 10.0 Å². The zero-order valence-corrected chi connectivity index (χ0v) is 29.6. The van der Waals surface area contributed by atoms with Gasteiger partial charge in [-0.15, -0.1) is 0 Å². The molecule has 0 saturated heterocycles. The average molecular weight is 707 g/mol. The molecule has 10 heteroatoms. The lowest BCUT2D eigenvalue weighted by Gasteiger charge is -2.35. The van der Waals surface area contributed by atoms with Gasteiger partial charge in [0.2, 0.25) is 11.8 Å². The first kappa shape index (κ1) is 35.5. The molecule has 0 bridgehead atoms. The lowest BCUT2D eigenvalue weighted by atomic mass is 9.94. The third-order valence-electron chi connectivity index (χ3n) is 8.80. The van der Waals surface area contributed by atoms with Crippen molar-refractivity contribution in [3.8, 4) is 0 Å². The summed E-state index contributed by atoms with van der Waals surface area (Å²) in [7, 11) is -4.19. The highest BCUT2D eigenvalue weighted by Crippen LogP contribution is 2.30. The minimum atomic E-state index is -4.19. The minimum Gasteiger partial charge on any atom is -0.352 e. The van der Waals surface area contributed by atoms with Gasteiger partial charge >= 0.3 is 0 Å². The maximum Gasteiger partial charge on any atom is 0.264 e. The SMILES string of the molecule is Cc1ccc(C)c(N(CC(=O)N(Cc2ccc(Cl)c(Cl)c2)C(Cc2ccccc2)C(=O)NC2CCCCC2)S(=O)(=O)c2ccccc2)c1. The summed E-state index contributed by atoms with van der Waals surface area (Å²) < 4.78 is 29.8. The number of anilines is 1. The van der Waals surface area contributed by atoms with Crippen molar-refractivity contribution in [1.29, 1.82) is 0 Å². The Labute approximate surface area is 293 Å². The predicted octanol–water partition coefficient (Wildman–Crippen LogP) is 7.89. The van der Waals surface area contributed by atoms with Crippen LogP contribution in [-0.2, 0) is 32.6 Å². The van der Waals surface area contributed by atoms with Gasteiger partial charge in [-0.05, 0) is 79.3 Å². The second kappa shape index (κ2) is 16.0. The van der Waals surface area contributed by atoms with Crippen molar-refractivity contribution >= 4 is 50.7 Å². The Balaban J connectivity index is 1.59. The molecule has 0 radical (unpaired) electrons. The topological polar surface area (TPSA) is 86.8 Å².